The van der Waals surface area contributed by atoms with Crippen molar-refractivity contribution in [1.29, 1.82) is 0 Å². The van der Waals surface area contributed by atoms with E-state index in [4.69, 9.17) is 4.55 Å². The Bertz CT molecular complexity index is 1670. The zero-order chi connectivity index (χ0) is 31.2. The summed E-state index contributed by atoms with van der Waals surface area (Å²) < 4.78 is 30.7. The van der Waals surface area contributed by atoms with Crippen molar-refractivity contribution in [3.63, 3.8) is 0 Å². The van der Waals surface area contributed by atoms with E-state index in [0.717, 1.165) is 33.5 Å². The van der Waals surface area contributed by atoms with Crippen LogP contribution >= 0.6 is 0 Å². The normalized spacial score (nSPS) is 12.4. The number of carbonyl (C=O) groups excluding carboxylic acids is 2. The Kier molecular flexibility index (Phi) is 9.84. The van der Waals surface area contributed by atoms with E-state index in [2.05, 4.69) is 55.7 Å². The molecule has 0 saturated heterocycles. The van der Waals surface area contributed by atoms with Gasteiger partial charge in [0.2, 0.25) is 5.91 Å². The van der Waals surface area contributed by atoms with Gasteiger partial charge in [0.15, 0.2) is 0 Å². The monoisotopic (exact) mass is 598 g/mol. The predicted octanol–water partition coefficient (Wildman–Crippen LogP) is 6.54. The minimum Gasteiger partial charge on any atom is -0.351 e. The van der Waals surface area contributed by atoms with Crippen molar-refractivity contribution in [1.82, 2.24) is 5.32 Å². The molecule has 0 aliphatic heterocycles. The summed E-state index contributed by atoms with van der Waals surface area (Å²) in [5.41, 5.74) is 7.35. The Labute approximate surface area is 254 Å². The van der Waals surface area contributed by atoms with Crippen molar-refractivity contribution in [2.75, 3.05) is 17.6 Å². The van der Waals surface area contributed by atoms with Gasteiger partial charge in [0.1, 0.15) is 0 Å². The fourth-order valence-electron chi connectivity index (χ4n) is 4.81. The molecule has 1 atom stereocenters. The van der Waals surface area contributed by atoms with Gasteiger partial charge in [-0.15, -0.1) is 0 Å². The van der Waals surface area contributed by atoms with E-state index < -0.39 is 27.7 Å². The molecule has 4 rings (SSSR count). The van der Waals surface area contributed by atoms with Crippen LogP contribution in [0.4, 0.5) is 5.69 Å². The largest absolute Gasteiger partial charge is 0.351 e. The van der Waals surface area contributed by atoms with Crippen LogP contribution in [-0.4, -0.2) is 37.1 Å². The molecule has 8 heteroatoms. The van der Waals surface area contributed by atoms with Crippen LogP contribution in [0, 0.1) is 6.92 Å². The third-order valence-electron chi connectivity index (χ3n) is 7.30. The average molecular weight is 599 g/mol. The van der Waals surface area contributed by atoms with Gasteiger partial charge in [-0.05, 0) is 76.4 Å². The zero-order valence-electron chi connectivity index (χ0n) is 24.9. The van der Waals surface area contributed by atoms with Crippen LogP contribution < -0.4 is 10.6 Å². The lowest BCUT2D eigenvalue weighted by Gasteiger charge is -2.20. The highest BCUT2D eigenvalue weighted by Crippen LogP contribution is 2.29. The molecule has 0 radical (unpaired) electrons. The second-order valence-corrected chi connectivity index (χ2v) is 13.4. The lowest BCUT2D eigenvalue weighted by atomic mass is 9.86. The Morgan fingerprint density at radius 2 is 1.44 bits per heavy atom. The number of carbonyl (C=O) groups is 2. The summed E-state index contributed by atoms with van der Waals surface area (Å²) in [7, 11) is -4.16. The van der Waals surface area contributed by atoms with Crippen molar-refractivity contribution < 1.29 is 22.6 Å². The highest BCUT2D eigenvalue weighted by atomic mass is 32.2. The van der Waals surface area contributed by atoms with Crippen molar-refractivity contribution in [2.24, 2.45) is 0 Å². The van der Waals surface area contributed by atoms with E-state index >= 15 is 0 Å². The molecule has 0 saturated carbocycles. The van der Waals surface area contributed by atoms with E-state index in [1.165, 1.54) is 5.56 Å². The molecule has 4 aromatic carbocycles. The minimum absolute atomic E-state index is 0.0748. The molecule has 0 spiro atoms. The van der Waals surface area contributed by atoms with Crippen LogP contribution in [-0.2, 0) is 26.7 Å². The maximum absolute atomic E-state index is 13.6. The fraction of sp³-hybridized carbons (Fsp3) is 0.257. The lowest BCUT2D eigenvalue weighted by molar-refractivity contribution is -0.117. The summed E-state index contributed by atoms with van der Waals surface area (Å²) in [6.45, 7) is 8.34. The van der Waals surface area contributed by atoms with Gasteiger partial charge in [-0.25, -0.2) is 0 Å². The molecule has 7 nitrogen and oxygen atoms in total. The van der Waals surface area contributed by atoms with Gasteiger partial charge in [-0.3, -0.25) is 14.1 Å². The Morgan fingerprint density at radius 1 is 0.837 bits per heavy atom. The van der Waals surface area contributed by atoms with Crippen LogP contribution in [0.25, 0.3) is 11.1 Å². The molecule has 0 heterocycles. The Balaban J connectivity index is 1.55. The second-order valence-electron chi connectivity index (χ2n) is 11.8. The molecule has 4 aromatic rings. The first kappa shape index (κ1) is 31.7. The van der Waals surface area contributed by atoms with Crippen LogP contribution in [0.2, 0.25) is 0 Å². The van der Waals surface area contributed by atoms with Gasteiger partial charge in [0.05, 0.1) is 11.7 Å². The van der Waals surface area contributed by atoms with Crippen molar-refractivity contribution in [2.45, 2.75) is 45.4 Å². The SMILES string of the molecule is Cc1cccc(NC(=O)C(Cc2ccc(C(=O)NCCS(=O)(=O)O)cc2)c2ccc(-c3ccc(C(C)(C)C)cc3)cc2)c1. The van der Waals surface area contributed by atoms with Crippen LogP contribution in [0.5, 0.6) is 0 Å². The Morgan fingerprint density at radius 3 is 2.00 bits per heavy atom. The first-order chi connectivity index (χ1) is 20.3. The van der Waals surface area contributed by atoms with Gasteiger partial charge in [0.25, 0.3) is 16.0 Å². The number of hydrogen-bond acceptors (Lipinski definition) is 4. The van der Waals surface area contributed by atoms with E-state index in [9.17, 15) is 18.0 Å². The maximum Gasteiger partial charge on any atom is 0.266 e. The van der Waals surface area contributed by atoms with Crippen LogP contribution in [0.1, 0.15) is 59.3 Å². The molecule has 43 heavy (non-hydrogen) atoms. The summed E-state index contributed by atoms with van der Waals surface area (Å²) >= 11 is 0. The van der Waals surface area contributed by atoms with Crippen molar-refractivity contribution >= 4 is 27.6 Å². The van der Waals surface area contributed by atoms with E-state index in [1.807, 2.05) is 55.5 Å². The molecular weight excluding hydrogens is 560 g/mol. The standard InChI is InChI=1S/C35H38N2O5S/c1-24-6-5-7-31(22-24)37-34(39)32(23-25-8-10-29(11-9-25)33(38)36-20-21-43(40,41)42)28-14-12-26(13-15-28)27-16-18-30(19-17-27)35(2,3)4/h5-19,22,32H,20-21,23H2,1-4H3,(H,36,38)(H,37,39)(H,40,41,42). The third-order valence-corrected chi connectivity index (χ3v) is 8.02. The molecule has 0 aliphatic carbocycles. The second kappa shape index (κ2) is 13.4. The number of hydrogen-bond donors (Lipinski definition) is 3. The number of amides is 2. The van der Waals surface area contributed by atoms with E-state index in [0.29, 0.717) is 12.0 Å². The van der Waals surface area contributed by atoms with Gasteiger partial charge >= 0.3 is 0 Å². The molecule has 0 aliphatic rings. The predicted molar refractivity (Wildman–Crippen MR) is 172 cm³/mol. The smallest absolute Gasteiger partial charge is 0.266 e. The number of nitrogens with one attached hydrogen (secondary N) is 2. The van der Waals surface area contributed by atoms with Gasteiger partial charge < -0.3 is 10.6 Å². The van der Waals surface area contributed by atoms with E-state index in [-0.39, 0.29) is 17.9 Å². The van der Waals surface area contributed by atoms with Crippen LogP contribution in [0.3, 0.4) is 0 Å². The molecule has 0 aromatic heterocycles. The topological polar surface area (TPSA) is 113 Å². The first-order valence-corrected chi connectivity index (χ1v) is 15.8. The fourth-order valence-corrected chi connectivity index (χ4v) is 5.17. The molecule has 0 fully saturated rings. The van der Waals surface area contributed by atoms with Crippen LogP contribution in [0.15, 0.2) is 97.1 Å². The summed E-state index contributed by atoms with van der Waals surface area (Å²) in [5, 5.41) is 5.54. The maximum atomic E-state index is 13.6. The number of aryl methyl sites for hydroxylation is 1. The molecule has 224 valence electrons. The zero-order valence-corrected chi connectivity index (χ0v) is 25.7. The Hall–Kier alpha value is -4.27. The third kappa shape index (κ3) is 9.11. The molecule has 1 unspecified atom stereocenters. The van der Waals surface area contributed by atoms with E-state index in [1.54, 1.807) is 24.3 Å². The summed E-state index contributed by atoms with van der Waals surface area (Å²) in [4.78, 5) is 26.0. The molecule has 2 amide bonds. The summed E-state index contributed by atoms with van der Waals surface area (Å²) in [5.74, 6) is -1.64. The molecule has 0 bridgehead atoms. The number of benzene rings is 4. The first-order valence-electron chi connectivity index (χ1n) is 14.2. The summed E-state index contributed by atoms with van der Waals surface area (Å²) in [6.07, 6.45) is 0.405. The van der Waals surface area contributed by atoms with Crippen molar-refractivity contribution in [3.8, 4) is 11.1 Å². The number of rotatable bonds is 10. The average Bonchev–Trinajstić information content (AvgIpc) is 2.95. The quantitative estimate of drug-likeness (QED) is 0.179. The molecule has 3 N–H and O–H groups in total. The lowest BCUT2D eigenvalue weighted by Crippen LogP contribution is -2.28. The highest BCUT2D eigenvalue weighted by Gasteiger charge is 2.22. The van der Waals surface area contributed by atoms with Crippen molar-refractivity contribution in [3.05, 3.63) is 125 Å². The minimum atomic E-state index is -4.16. The highest BCUT2D eigenvalue weighted by molar-refractivity contribution is 7.85. The van der Waals surface area contributed by atoms with Gasteiger partial charge in [-0.2, -0.15) is 8.42 Å². The van der Waals surface area contributed by atoms with Gasteiger partial charge in [-0.1, -0.05) is 93.6 Å². The number of anilines is 1. The van der Waals surface area contributed by atoms with Gasteiger partial charge in [0, 0.05) is 17.8 Å². The summed E-state index contributed by atoms with van der Waals surface area (Å²) in [6, 6.07) is 31.1. The molecular formula is C35H38N2O5S.